The van der Waals surface area contributed by atoms with Gasteiger partial charge in [-0.05, 0) is 42.8 Å². The molecule has 1 aliphatic carbocycles. The predicted molar refractivity (Wildman–Crippen MR) is 59.8 cm³/mol. The molecule has 1 aliphatic heterocycles. The second-order valence-electron chi connectivity index (χ2n) is 4.45. The maximum Gasteiger partial charge on any atom is 0.123 e. The van der Waals surface area contributed by atoms with Crippen LogP contribution in [0.5, 0.6) is 5.75 Å². The summed E-state index contributed by atoms with van der Waals surface area (Å²) < 4.78 is 5.98. The summed E-state index contributed by atoms with van der Waals surface area (Å²) in [4.78, 5) is 0. The van der Waals surface area contributed by atoms with Crippen LogP contribution in [0.4, 0.5) is 0 Å². The number of nitrogens with one attached hydrogen (secondary N) is 1. The van der Waals surface area contributed by atoms with E-state index in [1.54, 1.807) is 0 Å². The average molecular weight is 201 g/mol. The lowest BCUT2D eigenvalue weighted by atomic mass is 10.2. The van der Waals surface area contributed by atoms with Crippen molar-refractivity contribution in [1.82, 2.24) is 5.32 Å². The van der Waals surface area contributed by atoms with Crippen molar-refractivity contribution in [3.05, 3.63) is 41.6 Å². The summed E-state index contributed by atoms with van der Waals surface area (Å²) in [6, 6.07) is 8.89. The lowest BCUT2D eigenvalue weighted by Crippen LogP contribution is -2.26. The van der Waals surface area contributed by atoms with E-state index in [1.807, 2.05) is 12.1 Å². The molecule has 15 heavy (non-hydrogen) atoms. The van der Waals surface area contributed by atoms with Gasteiger partial charge >= 0.3 is 0 Å². The molecule has 0 unspecified atom stereocenters. The van der Waals surface area contributed by atoms with Gasteiger partial charge in [-0.3, -0.25) is 0 Å². The molecule has 0 amide bonds. The molecule has 1 aromatic carbocycles. The summed E-state index contributed by atoms with van der Waals surface area (Å²) in [7, 11) is 0. The van der Waals surface area contributed by atoms with Crippen molar-refractivity contribution in [3.8, 4) is 5.75 Å². The molecule has 2 atom stereocenters. The van der Waals surface area contributed by atoms with Crippen LogP contribution in [0.25, 0.3) is 0 Å². The van der Waals surface area contributed by atoms with Gasteiger partial charge in [0.05, 0.1) is 0 Å². The Morgan fingerprint density at radius 3 is 3.00 bits per heavy atom. The fraction of sp³-hybridized carbons (Fsp3) is 0.385. The van der Waals surface area contributed by atoms with E-state index in [2.05, 4.69) is 30.6 Å². The molecule has 0 aromatic heterocycles. The van der Waals surface area contributed by atoms with Gasteiger partial charge in [0.1, 0.15) is 11.9 Å². The molecule has 2 bridgehead atoms. The fourth-order valence-electron chi connectivity index (χ4n) is 2.39. The molecular formula is C13H15NO. The Hall–Kier alpha value is -1.44. The molecule has 0 radical (unpaired) electrons. The zero-order valence-corrected chi connectivity index (χ0v) is 8.86. The van der Waals surface area contributed by atoms with E-state index < -0.39 is 0 Å². The van der Waals surface area contributed by atoms with Crippen molar-refractivity contribution < 1.29 is 4.74 Å². The Kier molecular flexibility index (Phi) is 1.94. The minimum atomic E-state index is 0.304. The van der Waals surface area contributed by atoms with Gasteiger partial charge in [0.15, 0.2) is 0 Å². The van der Waals surface area contributed by atoms with Crippen molar-refractivity contribution in [3.63, 3.8) is 0 Å². The molecule has 1 fully saturated rings. The molecule has 2 nitrogen and oxygen atoms in total. The van der Waals surface area contributed by atoms with Crippen LogP contribution >= 0.6 is 0 Å². The third-order valence-corrected chi connectivity index (χ3v) is 3.17. The highest BCUT2D eigenvalue weighted by Gasteiger charge is 2.34. The van der Waals surface area contributed by atoms with Crippen LogP contribution in [-0.4, -0.2) is 12.1 Å². The Bertz CT molecular complexity index is 411. The SMILES string of the molecule is Cc1cccc(O[C@@H]2C[C@@H]3CC2=CN3)c1. The molecule has 78 valence electrons. The Balaban J connectivity index is 1.76. The van der Waals surface area contributed by atoms with Crippen LogP contribution in [0.1, 0.15) is 18.4 Å². The van der Waals surface area contributed by atoms with Crippen LogP contribution in [0.15, 0.2) is 36.0 Å². The first-order valence-corrected chi connectivity index (χ1v) is 5.49. The third-order valence-electron chi connectivity index (χ3n) is 3.17. The first kappa shape index (κ1) is 8.84. The van der Waals surface area contributed by atoms with Gasteiger partial charge in [-0.2, -0.15) is 0 Å². The quantitative estimate of drug-likeness (QED) is 0.793. The van der Waals surface area contributed by atoms with Gasteiger partial charge in [-0.25, -0.2) is 0 Å². The van der Waals surface area contributed by atoms with Crippen molar-refractivity contribution in [2.45, 2.75) is 31.9 Å². The summed E-state index contributed by atoms with van der Waals surface area (Å²) in [5.74, 6) is 0.994. The highest BCUT2D eigenvalue weighted by Crippen LogP contribution is 2.33. The molecule has 1 heterocycles. The van der Waals surface area contributed by atoms with Gasteiger partial charge in [0.2, 0.25) is 0 Å². The number of aryl methyl sites for hydroxylation is 1. The van der Waals surface area contributed by atoms with E-state index in [9.17, 15) is 0 Å². The maximum atomic E-state index is 5.98. The summed E-state index contributed by atoms with van der Waals surface area (Å²) in [5, 5.41) is 3.34. The summed E-state index contributed by atoms with van der Waals surface area (Å²) in [6.07, 6.45) is 4.70. The van der Waals surface area contributed by atoms with Gasteiger partial charge in [-0.1, -0.05) is 12.1 Å². The van der Waals surface area contributed by atoms with E-state index in [0.717, 1.165) is 18.6 Å². The minimum absolute atomic E-state index is 0.304. The van der Waals surface area contributed by atoms with Crippen LogP contribution in [0.3, 0.4) is 0 Å². The van der Waals surface area contributed by atoms with E-state index in [0.29, 0.717) is 12.1 Å². The number of ether oxygens (including phenoxy) is 1. The van der Waals surface area contributed by atoms with E-state index in [4.69, 9.17) is 4.74 Å². The predicted octanol–water partition coefficient (Wildman–Crippen LogP) is 2.39. The maximum absolute atomic E-state index is 5.98. The van der Waals surface area contributed by atoms with Crippen molar-refractivity contribution in [1.29, 1.82) is 0 Å². The topological polar surface area (TPSA) is 21.3 Å². The van der Waals surface area contributed by atoms with E-state index >= 15 is 0 Å². The first-order chi connectivity index (χ1) is 7.31. The molecule has 1 aromatic rings. The van der Waals surface area contributed by atoms with Crippen LogP contribution in [-0.2, 0) is 0 Å². The van der Waals surface area contributed by atoms with Crippen LogP contribution in [0.2, 0.25) is 0 Å². The average Bonchev–Trinajstić information content (AvgIpc) is 2.79. The standard InChI is InChI=1S/C13H15NO/c1-9-3-2-4-12(5-9)15-13-7-11-6-10(13)8-14-11/h2-5,8,11,13-14H,6-7H2,1H3/t11-,13+/m0/s1. The minimum Gasteiger partial charge on any atom is -0.486 e. The third kappa shape index (κ3) is 1.60. The molecule has 1 N–H and O–H groups in total. The molecule has 0 saturated heterocycles. The Morgan fingerprint density at radius 1 is 1.40 bits per heavy atom. The molecule has 0 spiro atoms. The zero-order valence-electron chi connectivity index (χ0n) is 8.86. The molecule has 3 rings (SSSR count). The first-order valence-electron chi connectivity index (χ1n) is 5.49. The normalized spacial score (nSPS) is 27.4. The Morgan fingerprint density at radius 2 is 2.33 bits per heavy atom. The van der Waals surface area contributed by atoms with E-state index in [-0.39, 0.29) is 0 Å². The van der Waals surface area contributed by atoms with Gasteiger partial charge in [0.25, 0.3) is 0 Å². The van der Waals surface area contributed by atoms with Crippen molar-refractivity contribution in [2.24, 2.45) is 0 Å². The second-order valence-corrected chi connectivity index (χ2v) is 4.45. The highest BCUT2D eigenvalue weighted by atomic mass is 16.5. The number of hydrogen-bond donors (Lipinski definition) is 1. The summed E-state index contributed by atoms with van der Waals surface area (Å²) >= 11 is 0. The molecule has 2 heteroatoms. The summed E-state index contributed by atoms with van der Waals surface area (Å²) in [5.41, 5.74) is 2.67. The van der Waals surface area contributed by atoms with Gasteiger partial charge in [0, 0.05) is 12.5 Å². The monoisotopic (exact) mass is 201 g/mol. The van der Waals surface area contributed by atoms with Gasteiger partial charge < -0.3 is 10.1 Å². The van der Waals surface area contributed by atoms with Crippen molar-refractivity contribution in [2.75, 3.05) is 0 Å². The number of benzene rings is 1. The molecular weight excluding hydrogens is 186 g/mol. The lowest BCUT2D eigenvalue weighted by Gasteiger charge is -2.19. The zero-order chi connectivity index (χ0) is 10.3. The second kappa shape index (κ2) is 3.30. The highest BCUT2D eigenvalue weighted by molar-refractivity contribution is 5.30. The number of rotatable bonds is 2. The fourth-order valence-corrected chi connectivity index (χ4v) is 2.39. The van der Waals surface area contributed by atoms with Crippen LogP contribution in [0, 0.1) is 6.92 Å². The Labute approximate surface area is 89.9 Å². The molecule has 2 aliphatic rings. The van der Waals surface area contributed by atoms with Crippen molar-refractivity contribution >= 4 is 0 Å². The van der Waals surface area contributed by atoms with E-state index in [1.165, 1.54) is 11.1 Å². The largest absolute Gasteiger partial charge is 0.486 e. The van der Waals surface area contributed by atoms with Crippen LogP contribution < -0.4 is 10.1 Å². The summed E-state index contributed by atoms with van der Waals surface area (Å²) in [6.45, 7) is 2.09. The lowest BCUT2D eigenvalue weighted by molar-refractivity contribution is 0.232. The molecule has 1 saturated carbocycles. The number of fused-ring (bicyclic) bond motifs is 2. The number of hydrogen-bond acceptors (Lipinski definition) is 2. The smallest absolute Gasteiger partial charge is 0.123 e. The van der Waals surface area contributed by atoms with Gasteiger partial charge in [-0.15, -0.1) is 0 Å².